The number of halogens is 1. The van der Waals surface area contributed by atoms with Crippen molar-refractivity contribution < 1.29 is 18.7 Å². The van der Waals surface area contributed by atoms with Gasteiger partial charge in [-0.15, -0.1) is 0 Å². The van der Waals surface area contributed by atoms with E-state index in [0.29, 0.717) is 31.9 Å². The zero-order valence-electron chi connectivity index (χ0n) is 11.4. The van der Waals surface area contributed by atoms with Crippen molar-refractivity contribution in [2.45, 2.75) is 6.42 Å². The molecule has 5 heteroatoms. The molecule has 1 rings (SSSR count). The average molecular weight is 269 g/mol. The average Bonchev–Trinajstić information content (AvgIpc) is 2.43. The lowest BCUT2D eigenvalue weighted by Crippen LogP contribution is -2.35. The second-order valence-electron chi connectivity index (χ2n) is 4.14. The van der Waals surface area contributed by atoms with Gasteiger partial charge in [-0.3, -0.25) is 4.79 Å². The Labute approximate surface area is 113 Å². The molecule has 0 aromatic heterocycles. The molecule has 0 heterocycles. The van der Waals surface area contributed by atoms with Crippen molar-refractivity contribution in [1.29, 1.82) is 0 Å². The maximum absolute atomic E-state index is 12.8. The molecule has 0 aliphatic heterocycles. The zero-order chi connectivity index (χ0) is 14.1. The van der Waals surface area contributed by atoms with E-state index >= 15 is 0 Å². The highest BCUT2D eigenvalue weighted by molar-refractivity contribution is 5.94. The molecule has 0 spiro atoms. The van der Waals surface area contributed by atoms with Gasteiger partial charge in [0, 0.05) is 39.5 Å². The van der Waals surface area contributed by atoms with Crippen LogP contribution in [0.5, 0.6) is 0 Å². The van der Waals surface area contributed by atoms with Gasteiger partial charge in [0.05, 0.1) is 6.61 Å². The van der Waals surface area contributed by atoms with Crippen molar-refractivity contribution in [1.82, 2.24) is 4.90 Å². The largest absolute Gasteiger partial charge is 0.385 e. The molecule has 106 valence electrons. The number of carbonyl (C=O) groups is 1. The highest BCUT2D eigenvalue weighted by Crippen LogP contribution is 2.07. The molecule has 0 atom stereocenters. The number of amides is 1. The molecular weight excluding hydrogens is 249 g/mol. The Morgan fingerprint density at radius 3 is 2.32 bits per heavy atom. The number of benzene rings is 1. The van der Waals surface area contributed by atoms with Crippen molar-refractivity contribution in [3.05, 3.63) is 35.6 Å². The van der Waals surface area contributed by atoms with Gasteiger partial charge >= 0.3 is 0 Å². The Morgan fingerprint density at radius 2 is 1.74 bits per heavy atom. The van der Waals surface area contributed by atoms with Gasteiger partial charge < -0.3 is 14.4 Å². The summed E-state index contributed by atoms with van der Waals surface area (Å²) in [5, 5.41) is 0. The molecule has 1 aromatic carbocycles. The molecule has 0 unspecified atom stereocenters. The molecule has 0 radical (unpaired) electrons. The van der Waals surface area contributed by atoms with Crippen LogP contribution in [0.25, 0.3) is 0 Å². The molecule has 0 N–H and O–H groups in total. The summed E-state index contributed by atoms with van der Waals surface area (Å²) in [6, 6.07) is 5.56. The van der Waals surface area contributed by atoms with Crippen LogP contribution in [-0.4, -0.2) is 51.3 Å². The second-order valence-corrected chi connectivity index (χ2v) is 4.14. The number of carbonyl (C=O) groups excluding carboxylic acids is 1. The quantitative estimate of drug-likeness (QED) is 0.677. The number of rotatable bonds is 8. The van der Waals surface area contributed by atoms with Crippen LogP contribution < -0.4 is 0 Å². The Kier molecular flexibility index (Phi) is 7.07. The molecule has 0 fully saturated rings. The fourth-order valence-corrected chi connectivity index (χ4v) is 1.69. The summed E-state index contributed by atoms with van der Waals surface area (Å²) in [6.07, 6.45) is 0.757. The number of methoxy groups -OCH3 is 2. The summed E-state index contributed by atoms with van der Waals surface area (Å²) >= 11 is 0. The van der Waals surface area contributed by atoms with Crippen LogP contribution in [-0.2, 0) is 9.47 Å². The summed E-state index contributed by atoms with van der Waals surface area (Å²) in [7, 11) is 3.22. The van der Waals surface area contributed by atoms with Crippen LogP contribution in [0.2, 0.25) is 0 Å². The molecule has 0 saturated carbocycles. The molecule has 0 saturated heterocycles. The van der Waals surface area contributed by atoms with Gasteiger partial charge in [-0.1, -0.05) is 0 Å². The number of nitrogens with zero attached hydrogens (tertiary/aromatic N) is 1. The van der Waals surface area contributed by atoms with Crippen LogP contribution in [0, 0.1) is 5.82 Å². The van der Waals surface area contributed by atoms with Crippen molar-refractivity contribution in [2.24, 2.45) is 0 Å². The van der Waals surface area contributed by atoms with Crippen molar-refractivity contribution >= 4 is 5.91 Å². The third-order valence-electron chi connectivity index (χ3n) is 2.72. The van der Waals surface area contributed by atoms with Gasteiger partial charge in [-0.25, -0.2) is 4.39 Å². The van der Waals surface area contributed by atoms with E-state index in [0.717, 1.165) is 6.42 Å². The minimum absolute atomic E-state index is 0.117. The topological polar surface area (TPSA) is 38.8 Å². The van der Waals surface area contributed by atoms with E-state index in [1.165, 1.54) is 24.3 Å². The Bertz CT molecular complexity index is 381. The van der Waals surface area contributed by atoms with Crippen LogP contribution in [0.1, 0.15) is 16.8 Å². The van der Waals surface area contributed by atoms with Crippen LogP contribution >= 0.6 is 0 Å². The molecular formula is C14H20FNO3. The van der Waals surface area contributed by atoms with Gasteiger partial charge in [0.15, 0.2) is 0 Å². The lowest BCUT2D eigenvalue weighted by molar-refractivity contribution is 0.0674. The first kappa shape index (κ1) is 15.6. The summed E-state index contributed by atoms with van der Waals surface area (Å²) in [4.78, 5) is 14.0. The second kappa shape index (κ2) is 8.61. The van der Waals surface area contributed by atoms with E-state index in [9.17, 15) is 9.18 Å². The van der Waals surface area contributed by atoms with Gasteiger partial charge in [-0.05, 0) is 30.7 Å². The van der Waals surface area contributed by atoms with Gasteiger partial charge in [0.25, 0.3) is 5.91 Å². The third-order valence-corrected chi connectivity index (χ3v) is 2.72. The minimum Gasteiger partial charge on any atom is -0.385 e. The highest BCUT2D eigenvalue weighted by Gasteiger charge is 2.15. The smallest absolute Gasteiger partial charge is 0.253 e. The van der Waals surface area contributed by atoms with Crippen LogP contribution in [0.4, 0.5) is 4.39 Å². The SMILES string of the molecule is COCCCN(CCOC)C(=O)c1ccc(F)cc1. The lowest BCUT2D eigenvalue weighted by Gasteiger charge is -2.22. The van der Waals surface area contributed by atoms with E-state index < -0.39 is 0 Å². The molecule has 0 aliphatic carbocycles. The van der Waals surface area contributed by atoms with Crippen LogP contribution in [0.15, 0.2) is 24.3 Å². The predicted octanol–water partition coefficient (Wildman–Crippen LogP) is 1.95. The maximum Gasteiger partial charge on any atom is 0.253 e. The fraction of sp³-hybridized carbons (Fsp3) is 0.500. The minimum atomic E-state index is -0.348. The molecule has 0 aliphatic rings. The van der Waals surface area contributed by atoms with Crippen molar-refractivity contribution in [3.8, 4) is 0 Å². The standard InChI is InChI=1S/C14H20FNO3/c1-18-10-3-8-16(9-11-19-2)14(17)12-4-6-13(15)7-5-12/h4-7H,3,8-11H2,1-2H3. The Morgan fingerprint density at radius 1 is 1.11 bits per heavy atom. The summed E-state index contributed by atoms with van der Waals surface area (Å²) in [5.41, 5.74) is 0.481. The number of ether oxygens (including phenoxy) is 2. The molecule has 1 amide bonds. The van der Waals surface area contributed by atoms with Gasteiger partial charge in [-0.2, -0.15) is 0 Å². The van der Waals surface area contributed by atoms with Crippen molar-refractivity contribution in [3.63, 3.8) is 0 Å². The Balaban J connectivity index is 2.66. The van der Waals surface area contributed by atoms with Crippen molar-refractivity contribution in [2.75, 3.05) is 40.5 Å². The molecule has 4 nitrogen and oxygen atoms in total. The molecule has 1 aromatic rings. The number of hydrogen-bond donors (Lipinski definition) is 0. The lowest BCUT2D eigenvalue weighted by atomic mass is 10.2. The van der Waals surface area contributed by atoms with Gasteiger partial charge in [0.2, 0.25) is 0 Å². The summed E-state index contributed by atoms with van der Waals surface area (Å²) in [5.74, 6) is -0.465. The van der Waals surface area contributed by atoms with Gasteiger partial charge in [0.1, 0.15) is 5.82 Å². The maximum atomic E-state index is 12.8. The monoisotopic (exact) mass is 269 g/mol. The predicted molar refractivity (Wildman–Crippen MR) is 70.7 cm³/mol. The van der Waals surface area contributed by atoms with E-state index in [1.807, 2.05) is 0 Å². The fourth-order valence-electron chi connectivity index (χ4n) is 1.69. The molecule has 19 heavy (non-hydrogen) atoms. The first-order valence-corrected chi connectivity index (χ1v) is 6.21. The normalized spacial score (nSPS) is 10.5. The Hall–Kier alpha value is -1.46. The highest BCUT2D eigenvalue weighted by atomic mass is 19.1. The van der Waals surface area contributed by atoms with E-state index in [-0.39, 0.29) is 11.7 Å². The zero-order valence-corrected chi connectivity index (χ0v) is 11.4. The summed E-state index contributed by atoms with van der Waals surface area (Å²) < 4.78 is 22.8. The van der Waals surface area contributed by atoms with E-state index in [2.05, 4.69) is 0 Å². The first-order valence-electron chi connectivity index (χ1n) is 6.21. The van der Waals surface area contributed by atoms with E-state index in [4.69, 9.17) is 9.47 Å². The molecule has 0 bridgehead atoms. The van der Waals surface area contributed by atoms with E-state index in [1.54, 1.807) is 19.1 Å². The first-order chi connectivity index (χ1) is 9.19. The summed E-state index contributed by atoms with van der Waals surface area (Å²) in [6.45, 7) is 2.17. The number of hydrogen-bond acceptors (Lipinski definition) is 3. The third kappa shape index (κ3) is 5.36. The van der Waals surface area contributed by atoms with Crippen LogP contribution in [0.3, 0.4) is 0 Å².